The van der Waals surface area contributed by atoms with Gasteiger partial charge in [0.2, 0.25) is 0 Å². The number of carbonyl (C=O) groups excluding carboxylic acids is 1. The van der Waals surface area contributed by atoms with Gasteiger partial charge < -0.3 is 24.6 Å². The summed E-state index contributed by atoms with van der Waals surface area (Å²) in [7, 11) is 1.97. The van der Waals surface area contributed by atoms with Crippen molar-refractivity contribution in [2.24, 2.45) is 0 Å². The first-order valence-electron chi connectivity index (χ1n) is 13.7. The largest absolute Gasteiger partial charge is 0.471 e. The van der Waals surface area contributed by atoms with Crippen molar-refractivity contribution in [1.82, 2.24) is 14.8 Å². The van der Waals surface area contributed by atoms with Crippen molar-refractivity contribution in [2.75, 3.05) is 32.1 Å². The number of ether oxygens (including phenoxy) is 2. The van der Waals surface area contributed by atoms with Crippen LogP contribution in [-0.2, 0) is 4.74 Å². The molecule has 1 aromatic carbocycles. The molecule has 0 radical (unpaired) electrons. The zero-order valence-electron chi connectivity index (χ0n) is 23.7. The third kappa shape index (κ3) is 7.03. The number of carbonyl (C=O) groups is 1. The maximum Gasteiger partial charge on any atom is 0.410 e. The van der Waals surface area contributed by atoms with E-state index in [9.17, 15) is 14.9 Å². The lowest BCUT2D eigenvalue weighted by atomic mass is 9.94. The lowest BCUT2D eigenvalue weighted by Crippen LogP contribution is -2.50. The van der Waals surface area contributed by atoms with E-state index in [0.717, 1.165) is 19.4 Å². The number of fused-ring (bicyclic) bond motifs is 1. The van der Waals surface area contributed by atoms with Gasteiger partial charge in [-0.15, -0.1) is 6.58 Å². The summed E-state index contributed by atoms with van der Waals surface area (Å²) in [5, 5.41) is 16.0. The van der Waals surface area contributed by atoms with E-state index in [4.69, 9.17) is 21.1 Å². The van der Waals surface area contributed by atoms with Crippen LogP contribution in [0, 0.1) is 15.9 Å². The average molecular weight is 657 g/mol. The van der Waals surface area contributed by atoms with Gasteiger partial charge in [0.05, 0.1) is 14.4 Å². The van der Waals surface area contributed by atoms with Crippen molar-refractivity contribution in [2.45, 2.75) is 76.6 Å². The molecule has 224 valence electrons. The first-order chi connectivity index (χ1) is 19.3. The van der Waals surface area contributed by atoms with Crippen LogP contribution in [0.25, 0.3) is 10.9 Å². The zero-order chi connectivity index (χ0) is 30.1. The van der Waals surface area contributed by atoms with Crippen molar-refractivity contribution in [3.63, 3.8) is 0 Å². The SMILES string of the molecule is C=CCC1CC(Nc2c([N+](=O)[O-])c(OC[C@@H]3CCCN3C)nc3c(F)c(Br)c(Cl)cc23)CCN1C(=O)OC(C)(C)C. The number of aromatic nitrogens is 1. The van der Waals surface area contributed by atoms with Gasteiger partial charge in [-0.05, 0) is 88.5 Å². The highest BCUT2D eigenvalue weighted by atomic mass is 79.9. The van der Waals surface area contributed by atoms with E-state index in [1.807, 2.05) is 27.8 Å². The molecule has 0 bridgehead atoms. The lowest BCUT2D eigenvalue weighted by Gasteiger charge is -2.40. The van der Waals surface area contributed by atoms with Crippen LogP contribution >= 0.6 is 27.5 Å². The summed E-state index contributed by atoms with van der Waals surface area (Å²) in [6.45, 7) is 10.7. The Hall–Kier alpha value is -2.70. The van der Waals surface area contributed by atoms with E-state index in [1.54, 1.807) is 11.0 Å². The summed E-state index contributed by atoms with van der Waals surface area (Å²) in [6, 6.07) is 0.992. The van der Waals surface area contributed by atoms with Gasteiger partial charge in [-0.2, -0.15) is 0 Å². The summed E-state index contributed by atoms with van der Waals surface area (Å²) >= 11 is 9.45. The first-order valence-corrected chi connectivity index (χ1v) is 14.8. The molecular formula is C28H36BrClFN5O5. The van der Waals surface area contributed by atoms with Gasteiger partial charge in [-0.1, -0.05) is 17.7 Å². The highest BCUT2D eigenvalue weighted by molar-refractivity contribution is 9.10. The second-order valence-corrected chi connectivity index (χ2v) is 12.8. The highest BCUT2D eigenvalue weighted by Crippen LogP contribution is 2.44. The van der Waals surface area contributed by atoms with Crippen molar-refractivity contribution in [3.8, 4) is 5.88 Å². The number of amides is 1. The predicted molar refractivity (Wildman–Crippen MR) is 160 cm³/mol. The van der Waals surface area contributed by atoms with Crippen molar-refractivity contribution >= 4 is 55.9 Å². The summed E-state index contributed by atoms with van der Waals surface area (Å²) in [5.41, 5.74) is -1.05. The molecule has 0 spiro atoms. The molecule has 10 nitrogen and oxygen atoms in total. The molecule has 0 saturated carbocycles. The molecule has 2 aromatic rings. The number of halogens is 3. The molecule has 2 saturated heterocycles. The summed E-state index contributed by atoms with van der Waals surface area (Å²) < 4.78 is 27.0. The molecule has 13 heteroatoms. The van der Waals surface area contributed by atoms with E-state index in [1.165, 1.54) is 6.07 Å². The maximum absolute atomic E-state index is 15.4. The van der Waals surface area contributed by atoms with Crippen LogP contribution in [0.3, 0.4) is 0 Å². The van der Waals surface area contributed by atoms with Gasteiger partial charge in [0.1, 0.15) is 23.4 Å². The second-order valence-electron chi connectivity index (χ2n) is 11.6. The molecule has 2 aliphatic rings. The number of likely N-dealkylation sites (tertiary alicyclic amines) is 2. The number of likely N-dealkylation sites (N-methyl/N-ethyl adjacent to an activating group) is 1. The maximum atomic E-state index is 15.4. The number of rotatable bonds is 8. The monoisotopic (exact) mass is 655 g/mol. The Labute approximate surface area is 252 Å². The normalized spacial score (nSPS) is 21.6. The van der Waals surface area contributed by atoms with Gasteiger partial charge in [-0.25, -0.2) is 14.2 Å². The molecule has 0 aliphatic carbocycles. The number of benzene rings is 1. The number of anilines is 1. The Kier molecular flexibility index (Phi) is 9.65. The van der Waals surface area contributed by atoms with Gasteiger partial charge in [0.15, 0.2) is 5.82 Å². The molecule has 2 aliphatic heterocycles. The predicted octanol–water partition coefficient (Wildman–Crippen LogP) is 6.93. The van der Waals surface area contributed by atoms with Crippen LogP contribution in [0.2, 0.25) is 5.02 Å². The fraction of sp³-hybridized carbons (Fsp3) is 0.571. The second kappa shape index (κ2) is 12.7. The first kappa shape index (κ1) is 31.2. The minimum absolute atomic E-state index is 0.0113. The molecule has 1 N–H and O–H groups in total. The van der Waals surface area contributed by atoms with Crippen LogP contribution < -0.4 is 10.1 Å². The molecule has 3 heterocycles. The molecule has 1 amide bonds. The number of hydrogen-bond donors (Lipinski definition) is 1. The van der Waals surface area contributed by atoms with Gasteiger partial charge >= 0.3 is 11.8 Å². The Morgan fingerprint density at radius 3 is 2.71 bits per heavy atom. The topological polar surface area (TPSA) is 110 Å². The van der Waals surface area contributed by atoms with Crippen LogP contribution in [0.1, 0.15) is 52.9 Å². The lowest BCUT2D eigenvalue weighted by molar-refractivity contribution is -0.385. The van der Waals surface area contributed by atoms with E-state index in [-0.39, 0.29) is 62.4 Å². The van der Waals surface area contributed by atoms with E-state index in [0.29, 0.717) is 25.8 Å². The van der Waals surface area contributed by atoms with E-state index < -0.39 is 22.4 Å². The van der Waals surface area contributed by atoms with Gasteiger partial charge in [-0.3, -0.25) is 10.1 Å². The zero-order valence-corrected chi connectivity index (χ0v) is 26.1. The fourth-order valence-corrected chi connectivity index (χ4v) is 5.91. The smallest absolute Gasteiger partial charge is 0.410 e. The van der Waals surface area contributed by atoms with Crippen molar-refractivity contribution in [1.29, 1.82) is 0 Å². The number of pyridine rings is 1. The number of nitrogens with one attached hydrogen (secondary N) is 1. The Morgan fingerprint density at radius 2 is 2.10 bits per heavy atom. The summed E-state index contributed by atoms with van der Waals surface area (Å²) in [6.07, 6.45) is 4.64. The average Bonchev–Trinajstić information content (AvgIpc) is 3.30. The minimum Gasteiger partial charge on any atom is -0.471 e. The number of piperidine rings is 1. The Morgan fingerprint density at radius 1 is 1.37 bits per heavy atom. The standard InChI is InChI=1S/C28H36BrClFN5O5/c1-6-8-17-13-16(10-12-35(17)27(37)41-28(2,3)4)32-24-19-14-20(30)21(29)22(31)23(19)33-26(25(24)36(38)39)40-15-18-9-7-11-34(18)5/h6,14,16-18H,1,7-13,15H2,2-5H3,(H,32,33)/t16?,17?,18-/m0/s1. The fourth-order valence-electron chi connectivity index (χ4n) is 5.42. The van der Waals surface area contributed by atoms with E-state index in [2.05, 4.69) is 37.7 Å². The molecule has 2 unspecified atom stereocenters. The number of nitro groups is 1. The molecule has 4 rings (SSSR count). The summed E-state index contributed by atoms with van der Waals surface area (Å²) in [4.78, 5) is 32.9. The Balaban J connectivity index is 1.72. The number of nitrogens with zero attached hydrogens (tertiary/aromatic N) is 4. The molecule has 1 aromatic heterocycles. The van der Waals surface area contributed by atoms with Gasteiger partial charge in [0, 0.05) is 30.1 Å². The third-order valence-corrected chi connectivity index (χ3v) is 8.76. The van der Waals surface area contributed by atoms with Crippen LogP contribution in [0.5, 0.6) is 5.88 Å². The molecule has 2 fully saturated rings. The van der Waals surface area contributed by atoms with Crippen molar-refractivity contribution < 1.29 is 23.6 Å². The van der Waals surface area contributed by atoms with Crippen LogP contribution in [0.4, 0.5) is 20.6 Å². The minimum atomic E-state index is -0.738. The number of hydrogen-bond acceptors (Lipinski definition) is 8. The van der Waals surface area contributed by atoms with Crippen LogP contribution in [-0.4, -0.2) is 76.3 Å². The highest BCUT2D eigenvalue weighted by Gasteiger charge is 2.36. The summed E-state index contributed by atoms with van der Waals surface area (Å²) in [5.74, 6) is -0.996. The quantitative estimate of drug-likeness (QED) is 0.141. The molecular weight excluding hydrogens is 621 g/mol. The van der Waals surface area contributed by atoms with E-state index >= 15 is 4.39 Å². The van der Waals surface area contributed by atoms with Crippen LogP contribution in [0.15, 0.2) is 23.2 Å². The Bertz CT molecular complexity index is 1340. The third-order valence-electron chi connectivity index (χ3n) is 7.46. The molecule has 41 heavy (non-hydrogen) atoms. The molecule has 3 atom stereocenters. The van der Waals surface area contributed by atoms with Crippen molar-refractivity contribution in [3.05, 3.63) is 44.1 Å². The van der Waals surface area contributed by atoms with Gasteiger partial charge in [0.25, 0.3) is 5.88 Å².